The first-order chi connectivity index (χ1) is 19.2. The Morgan fingerprint density at radius 2 is 1.73 bits per heavy atom. The highest BCUT2D eigenvalue weighted by atomic mass is 16.2. The third-order valence-corrected chi connectivity index (χ3v) is 8.81. The van der Waals surface area contributed by atoms with E-state index in [0.29, 0.717) is 28.9 Å². The SMILES string of the molecule is CC(=O)c1ccc(N2C(=O)[C@@H]3[C@H](Cc4c[nH]c5ccccc45)N[C@@]4(C(=O)Nc5c(C)cc(C)cc54)[C@@H]3C2=O)cc1. The molecule has 3 N–H and O–H groups in total. The van der Waals surface area contributed by atoms with Gasteiger partial charge in [-0.1, -0.05) is 35.9 Å². The average Bonchev–Trinajstić information content (AvgIpc) is 3.64. The molecule has 200 valence electrons. The summed E-state index contributed by atoms with van der Waals surface area (Å²) < 4.78 is 0. The maximum atomic E-state index is 14.3. The fraction of sp³-hybridized carbons (Fsp3) is 0.250. The van der Waals surface area contributed by atoms with E-state index >= 15 is 0 Å². The number of Topliss-reactive ketones (excluding diaryl/α,β-unsaturated/α-hetero) is 1. The summed E-state index contributed by atoms with van der Waals surface area (Å²) in [6.07, 6.45) is 2.39. The van der Waals surface area contributed by atoms with Gasteiger partial charge < -0.3 is 10.3 Å². The number of nitrogens with one attached hydrogen (secondary N) is 3. The molecule has 0 radical (unpaired) electrons. The zero-order valence-electron chi connectivity index (χ0n) is 22.4. The zero-order valence-corrected chi connectivity index (χ0v) is 22.4. The van der Waals surface area contributed by atoms with Crippen molar-refractivity contribution in [3.8, 4) is 0 Å². The third-order valence-electron chi connectivity index (χ3n) is 8.81. The molecule has 0 saturated carbocycles. The second-order valence-corrected chi connectivity index (χ2v) is 11.2. The Hall–Kier alpha value is -4.56. The number of para-hydroxylation sites is 1. The van der Waals surface area contributed by atoms with Gasteiger partial charge in [0.05, 0.1) is 17.5 Å². The van der Waals surface area contributed by atoms with Crippen LogP contribution in [0.15, 0.2) is 66.9 Å². The molecule has 3 aliphatic heterocycles. The number of hydrogen-bond acceptors (Lipinski definition) is 5. The minimum Gasteiger partial charge on any atom is -0.361 e. The van der Waals surface area contributed by atoms with Crippen molar-refractivity contribution < 1.29 is 19.2 Å². The number of hydrogen-bond donors (Lipinski definition) is 3. The van der Waals surface area contributed by atoms with Crippen molar-refractivity contribution in [2.45, 2.75) is 38.8 Å². The van der Waals surface area contributed by atoms with Crippen LogP contribution >= 0.6 is 0 Å². The number of imide groups is 1. The maximum Gasteiger partial charge on any atom is 0.250 e. The molecular formula is C32H28N4O4. The van der Waals surface area contributed by atoms with Crippen LogP contribution in [0.3, 0.4) is 0 Å². The number of anilines is 2. The molecule has 8 nitrogen and oxygen atoms in total. The van der Waals surface area contributed by atoms with Gasteiger partial charge in [-0.15, -0.1) is 0 Å². The number of H-pyrrole nitrogens is 1. The lowest BCUT2D eigenvalue weighted by Gasteiger charge is -2.30. The van der Waals surface area contributed by atoms with Gasteiger partial charge in [-0.05, 0) is 68.7 Å². The van der Waals surface area contributed by atoms with E-state index < -0.39 is 29.3 Å². The third kappa shape index (κ3) is 3.23. The molecule has 1 spiro atoms. The lowest BCUT2D eigenvalue weighted by atomic mass is 9.75. The second-order valence-electron chi connectivity index (χ2n) is 11.2. The van der Waals surface area contributed by atoms with Crippen LogP contribution in [0, 0.1) is 25.7 Å². The van der Waals surface area contributed by atoms with E-state index in [2.05, 4.69) is 15.6 Å². The highest BCUT2D eigenvalue weighted by molar-refractivity contribution is 6.26. The lowest BCUT2D eigenvalue weighted by molar-refractivity contribution is -0.130. The van der Waals surface area contributed by atoms with Gasteiger partial charge in [0.2, 0.25) is 17.7 Å². The summed E-state index contributed by atoms with van der Waals surface area (Å²) in [5.74, 6) is -2.86. The number of rotatable bonds is 4. The van der Waals surface area contributed by atoms with Gasteiger partial charge in [-0.3, -0.25) is 24.5 Å². The molecule has 40 heavy (non-hydrogen) atoms. The van der Waals surface area contributed by atoms with Crippen LogP contribution < -0.4 is 15.5 Å². The molecule has 7 rings (SSSR count). The smallest absolute Gasteiger partial charge is 0.250 e. The van der Waals surface area contributed by atoms with E-state index in [1.54, 1.807) is 24.3 Å². The van der Waals surface area contributed by atoms with Gasteiger partial charge >= 0.3 is 0 Å². The Morgan fingerprint density at radius 1 is 0.975 bits per heavy atom. The van der Waals surface area contributed by atoms with Gasteiger partial charge in [-0.25, -0.2) is 4.90 Å². The highest BCUT2D eigenvalue weighted by Crippen LogP contribution is 2.54. The van der Waals surface area contributed by atoms with Crippen LogP contribution in [-0.2, 0) is 26.3 Å². The molecule has 3 aromatic carbocycles. The first-order valence-electron chi connectivity index (χ1n) is 13.5. The quantitative estimate of drug-likeness (QED) is 0.270. The maximum absolute atomic E-state index is 14.3. The first-order valence-corrected chi connectivity index (χ1v) is 13.5. The molecule has 4 atom stereocenters. The minimum absolute atomic E-state index is 0.102. The van der Waals surface area contributed by atoms with E-state index in [1.807, 2.05) is 56.4 Å². The predicted octanol–water partition coefficient (Wildman–Crippen LogP) is 4.16. The number of carbonyl (C=O) groups excluding carboxylic acids is 4. The van der Waals surface area contributed by atoms with E-state index in [4.69, 9.17) is 0 Å². The van der Waals surface area contributed by atoms with E-state index in [9.17, 15) is 19.2 Å². The summed E-state index contributed by atoms with van der Waals surface area (Å²) >= 11 is 0. The van der Waals surface area contributed by atoms with Crippen molar-refractivity contribution in [2.75, 3.05) is 10.2 Å². The topological polar surface area (TPSA) is 111 Å². The molecule has 8 heteroatoms. The number of ketones is 1. The minimum atomic E-state index is -1.38. The molecule has 0 unspecified atom stereocenters. The molecule has 2 saturated heterocycles. The van der Waals surface area contributed by atoms with Crippen molar-refractivity contribution in [3.63, 3.8) is 0 Å². The summed E-state index contributed by atoms with van der Waals surface area (Å²) in [5.41, 5.74) is 4.79. The Labute approximate surface area is 230 Å². The Kier molecular flexibility index (Phi) is 5.18. The van der Waals surface area contributed by atoms with Crippen molar-refractivity contribution >= 4 is 45.8 Å². The molecule has 1 aromatic heterocycles. The van der Waals surface area contributed by atoms with Crippen molar-refractivity contribution in [2.24, 2.45) is 11.8 Å². The van der Waals surface area contributed by atoms with E-state index in [0.717, 1.165) is 27.6 Å². The molecule has 3 amide bonds. The molecule has 0 aliphatic carbocycles. The zero-order chi connectivity index (χ0) is 27.9. The molecule has 4 heterocycles. The molecule has 4 aromatic rings. The number of carbonyl (C=O) groups is 4. The number of aromatic amines is 1. The summed E-state index contributed by atoms with van der Waals surface area (Å²) in [6.45, 7) is 5.37. The molecular weight excluding hydrogens is 504 g/mol. The van der Waals surface area contributed by atoms with Crippen molar-refractivity contribution in [1.29, 1.82) is 0 Å². The van der Waals surface area contributed by atoms with Crippen LogP contribution in [0.25, 0.3) is 10.9 Å². The number of amides is 3. The van der Waals surface area contributed by atoms with E-state index in [-0.39, 0.29) is 17.6 Å². The van der Waals surface area contributed by atoms with Crippen LogP contribution in [0.5, 0.6) is 0 Å². The lowest BCUT2D eigenvalue weighted by Crippen LogP contribution is -2.53. The standard InChI is InChI=1S/C32H28N4O4/c1-16-12-17(2)28-23(13-16)32(31(40)34-28)27-26(25(35-32)14-20-15-33-24-7-5-4-6-22(20)24)29(38)36(30(27)39)21-10-8-19(9-11-21)18(3)37/h4-13,15,25-27,33,35H,14H2,1-3H3,(H,34,40)/t25-,26+,27-,32+/m0/s1. The van der Waals surface area contributed by atoms with Crippen molar-refractivity contribution in [3.05, 3.63) is 94.7 Å². The fourth-order valence-corrected chi connectivity index (χ4v) is 7.07. The predicted molar refractivity (Wildman–Crippen MR) is 151 cm³/mol. The first kappa shape index (κ1) is 24.5. The van der Waals surface area contributed by atoms with Gasteiger partial charge in [0.25, 0.3) is 0 Å². The van der Waals surface area contributed by atoms with Gasteiger partial charge in [0, 0.05) is 40.0 Å². The second kappa shape index (κ2) is 8.47. The largest absolute Gasteiger partial charge is 0.361 e. The summed E-state index contributed by atoms with van der Waals surface area (Å²) in [5, 5.41) is 7.62. The average molecular weight is 533 g/mol. The molecule has 0 bridgehead atoms. The summed E-state index contributed by atoms with van der Waals surface area (Å²) in [6, 6.07) is 17.9. The number of aromatic nitrogens is 1. The van der Waals surface area contributed by atoms with Gasteiger partial charge in [-0.2, -0.15) is 0 Å². The van der Waals surface area contributed by atoms with E-state index in [1.165, 1.54) is 11.8 Å². The van der Waals surface area contributed by atoms with Crippen LogP contribution in [-0.4, -0.2) is 34.5 Å². The normalized spacial score (nSPS) is 25.1. The van der Waals surface area contributed by atoms with Crippen molar-refractivity contribution in [1.82, 2.24) is 10.3 Å². The number of aryl methyl sites for hydroxylation is 2. The number of fused-ring (bicyclic) bond motifs is 5. The van der Waals surface area contributed by atoms with Gasteiger partial charge in [0.1, 0.15) is 5.54 Å². The highest BCUT2D eigenvalue weighted by Gasteiger charge is 2.70. The number of nitrogens with zero attached hydrogens (tertiary/aromatic N) is 1. The Balaban J connectivity index is 1.38. The molecule has 2 fully saturated rings. The van der Waals surface area contributed by atoms with Crippen LogP contribution in [0.2, 0.25) is 0 Å². The summed E-state index contributed by atoms with van der Waals surface area (Å²) in [4.78, 5) is 58.7. The van der Waals surface area contributed by atoms with Gasteiger partial charge in [0.15, 0.2) is 5.78 Å². The van der Waals surface area contributed by atoms with Crippen LogP contribution in [0.4, 0.5) is 11.4 Å². The Morgan fingerprint density at radius 3 is 2.48 bits per heavy atom. The Bertz CT molecular complexity index is 1770. The van der Waals surface area contributed by atoms with Crippen LogP contribution in [0.1, 0.15) is 39.5 Å². The summed E-state index contributed by atoms with van der Waals surface area (Å²) in [7, 11) is 0. The number of benzene rings is 3. The fourth-order valence-electron chi connectivity index (χ4n) is 7.07. The molecule has 3 aliphatic rings. The monoisotopic (exact) mass is 532 g/mol.